The summed E-state index contributed by atoms with van der Waals surface area (Å²) in [4.78, 5) is 12.3. The highest BCUT2D eigenvalue weighted by Gasteiger charge is 2.33. The van der Waals surface area contributed by atoms with Gasteiger partial charge in [-0.15, -0.1) is 0 Å². The second-order valence-corrected chi connectivity index (χ2v) is 5.04. The van der Waals surface area contributed by atoms with E-state index in [0.29, 0.717) is 6.42 Å². The van der Waals surface area contributed by atoms with Gasteiger partial charge in [-0.2, -0.15) is 0 Å². The van der Waals surface area contributed by atoms with Crippen LogP contribution in [-0.2, 0) is 11.2 Å². The maximum absolute atomic E-state index is 12.8. The third-order valence-corrected chi connectivity index (χ3v) is 3.66. The molecule has 2 rings (SSSR count). The minimum atomic E-state index is -0.255. The van der Waals surface area contributed by atoms with Crippen molar-refractivity contribution >= 4 is 5.78 Å². The highest BCUT2D eigenvalue weighted by atomic mass is 19.1. The van der Waals surface area contributed by atoms with Crippen LogP contribution < -0.4 is 5.32 Å². The molecule has 0 unspecified atom stereocenters. The largest absolute Gasteiger partial charge is 0.317 e. The molecule has 17 heavy (non-hydrogen) atoms. The minimum Gasteiger partial charge on any atom is -0.317 e. The van der Waals surface area contributed by atoms with E-state index < -0.39 is 0 Å². The Labute approximate surface area is 101 Å². The Morgan fingerprint density at radius 3 is 2.47 bits per heavy atom. The smallest absolute Gasteiger partial charge is 0.143 e. The fourth-order valence-corrected chi connectivity index (χ4v) is 2.26. The molecule has 0 bridgehead atoms. The predicted molar refractivity (Wildman–Crippen MR) is 65.3 cm³/mol. The molecule has 0 saturated carbocycles. The van der Waals surface area contributed by atoms with Gasteiger partial charge in [0, 0.05) is 11.8 Å². The molecule has 0 amide bonds. The first-order chi connectivity index (χ1) is 8.10. The third-order valence-electron chi connectivity index (χ3n) is 3.66. The molecule has 0 aromatic heterocycles. The van der Waals surface area contributed by atoms with Crippen molar-refractivity contribution in [3.63, 3.8) is 0 Å². The molecule has 2 nitrogen and oxygen atoms in total. The molecule has 1 aromatic rings. The van der Waals surface area contributed by atoms with Gasteiger partial charge in [-0.05, 0) is 43.6 Å². The van der Waals surface area contributed by atoms with Crippen LogP contribution in [0, 0.1) is 11.2 Å². The van der Waals surface area contributed by atoms with Crippen molar-refractivity contribution in [2.45, 2.75) is 26.2 Å². The number of carbonyl (C=O) groups is 1. The zero-order valence-corrected chi connectivity index (χ0v) is 10.1. The number of piperidine rings is 1. The van der Waals surface area contributed by atoms with Gasteiger partial charge in [-0.1, -0.05) is 19.1 Å². The Balaban J connectivity index is 2.03. The van der Waals surface area contributed by atoms with Gasteiger partial charge in [-0.3, -0.25) is 4.79 Å². The summed E-state index contributed by atoms with van der Waals surface area (Å²) in [6.07, 6.45) is 2.21. The number of ketones is 1. The molecule has 0 radical (unpaired) electrons. The van der Waals surface area contributed by atoms with E-state index in [-0.39, 0.29) is 17.0 Å². The Kier molecular flexibility index (Phi) is 3.57. The van der Waals surface area contributed by atoms with Crippen LogP contribution in [0.1, 0.15) is 25.3 Å². The highest BCUT2D eigenvalue weighted by molar-refractivity contribution is 5.86. The number of hydrogen-bond acceptors (Lipinski definition) is 2. The monoisotopic (exact) mass is 235 g/mol. The number of halogens is 1. The van der Waals surface area contributed by atoms with E-state index in [2.05, 4.69) is 5.32 Å². The number of Topliss-reactive ketones (excluding diaryl/α,β-unsaturated/α-hetero) is 1. The topological polar surface area (TPSA) is 29.1 Å². The first-order valence-corrected chi connectivity index (χ1v) is 6.09. The van der Waals surface area contributed by atoms with E-state index in [0.717, 1.165) is 31.5 Å². The van der Waals surface area contributed by atoms with Crippen LogP contribution in [0.15, 0.2) is 24.3 Å². The lowest BCUT2D eigenvalue weighted by Gasteiger charge is -2.32. The van der Waals surface area contributed by atoms with E-state index in [1.807, 2.05) is 6.92 Å². The van der Waals surface area contributed by atoms with Crippen LogP contribution in [0.4, 0.5) is 4.39 Å². The summed E-state index contributed by atoms with van der Waals surface area (Å²) in [7, 11) is 0. The van der Waals surface area contributed by atoms with Crippen molar-refractivity contribution in [1.82, 2.24) is 5.32 Å². The van der Waals surface area contributed by atoms with Crippen molar-refractivity contribution in [3.05, 3.63) is 35.6 Å². The number of hydrogen-bond donors (Lipinski definition) is 1. The number of carbonyl (C=O) groups excluding carboxylic acids is 1. The summed E-state index contributed by atoms with van der Waals surface area (Å²) < 4.78 is 12.8. The van der Waals surface area contributed by atoms with Crippen molar-refractivity contribution in [2.24, 2.45) is 5.41 Å². The minimum absolute atomic E-state index is 0.209. The van der Waals surface area contributed by atoms with Crippen LogP contribution in [0.5, 0.6) is 0 Å². The first kappa shape index (κ1) is 12.2. The molecule has 0 atom stereocenters. The number of nitrogens with one attached hydrogen (secondary N) is 1. The normalized spacial score (nSPS) is 18.9. The molecular weight excluding hydrogens is 217 g/mol. The average molecular weight is 235 g/mol. The van der Waals surface area contributed by atoms with Crippen LogP contribution in [0.25, 0.3) is 0 Å². The van der Waals surface area contributed by atoms with E-state index >= 15 is 0 Å². The van der Waals surface area contributed by atoms with Gasteiger partial charge < -0.3 is 5.32 Å². The first-order valence-electron chi connectivity index (χ1n) is 6.09. The lowest BCUT2D eigenvalue weighted by molar-refractivity contribution is -0.128. The fraction of sp³-hybridized carbons (Fsp3) is 0.500. The van der Waals surface area contributed by atoms with Crippen molar-refractivity contribution in [3.8, 4) is 0 Å². The van der Waals surface area contributed by atoms with Gasteiger partial charge in [0.1, 0.15) is 11.6 Å². The molecule has 1 heterocycles. The summed E-state index contributed by atoms with van der Waals surface area (Å²) in [6, 6.07) is 6.20. The molecule has 0 spiro atoms. The van der Waals surface area contributed by atoms with E-state index in [4.69, 9.17) is 0 Å². The highest BCUT2D eigenvalue weighted by Crippen LogP contribution is 2.30. The van der Waals surface area contributed by atoms with Gasteiger partial charge in [0.2, 0.25) is 0 Å². The quantitative estimate of drug-likeness (QED) is 0.871. The maximum atomic E-state index is 12.8. The second-order valence-electron chi connectivity index (χ2n) is 5.04. The molecule has 3 heteroatoms. The lowest BCUT2D eigenvalue weighted by Crippen LogP contribution is -2.40. The SMILES string of the molecule is CC1(C(=O)Cc2ccc(F)cc2)CCNCC1. The van der Waals surface area contributed by atoms with Crippen molar-refractivity contribution in [1.29, 1.82) is 0 Å². The predicted octanol–water partition coefficient (Wildman–Crippen LogP) is 2.33. The summed E-state index contributed by atoms with van der Waals surface area (Å²) in [5.41, 5.74) is 0.691. The van der Waals surface area contributed by atoms with Crippen molar-refractivity contribution in [2.75, 3.05) is 13.1 Å². The van der Waals surface area contributed by atoms with Gasteiger partial charge in [0.05, 0.1) is 0 Å². The molecule has 0 aliphatic carbocycles. The Hall–Kier alpha value is -1.22. The fourth-order valence-electron chi connectivity index (χ4n) is 2.26. The maximum Gasteiger partial charge on any atom is 0.143 e. The van der Waals surface area contributed by atoms with Crippen LogP contribution in [0.3, 0.4) is 0 Å². The van der Waals surface area contributed by atoms with Gasteiger partial charge in [0.25, 0.3) is 0 Å². The van der Waals surface area contributed by atoms with Crippen molar-refractivity contribution < 1.29 is 9.18 Å². The van der Waals surface area contributed by atoms with Gasteiger partial charge in [-0.25, -0.2) is 4.39 Å². The Morgan fingerprint density at radius 1 is 1.29 bits per heavy atom. The zero-order chi connectivity index (χ0) is 12.3. The zero-order valence-electron chi connectivity index (χ0n) is 10.1. The standard InChI is InChI=1S/C14H18FNO/c1-14(6-8-16-9-7-14)13(17)10-11-2-4-12(15)5-3-11/h2-5,16H,6-10H2,1H3. The molecule has 1 aliphatic heterocycles. The summed E-state index contributed by atoms with van der Waals surface area (Å²) in [5, 5.41) is 3.26. The molecule has 1 fully saturated rings. The molecule has 92 valence electrons. The van der Waals surface area contributed by atoms with Crippen LogP contribution in [0.2, 0.25) is 0 Å². The van der Waals surface area contributed by atoms with E-state index in [1.165, 1.54) is 12.1 Å². The van der Waals surface area contributed by atoms with Gasteiger partial charge >= 0.3 is 0 Å². The Bertz CT molecular complexity index is 393. The average Bonchev–Trinajstić information content (AvgIpc) is 2.33. The molecule has 1 saturated heterocycles. The van der Waals surface area contributed by atoms with E-state index in [1.54, 1.807) is 12.1 Å². The molecule has 1 aromatic carbocycles. The molecular formula is C14H18FNO. The van der Waals surface area contributed by atoms with E-state index in [9.17, 15) is 9.18 Å². The number of rotatable bonds is 3. The summed E-state index contributed by atoms with van der Waals surface area (Å²) in [5.74, 6) is 0.0138. The third kappa shape index (κ3) is 2.91. The van der Waals surface area contributed by atoms with Gasteiger partial charge in [0.15, 0.2) is 0 Å². The second kappa shape index (κ2) is 4.96. The number of benzene rings is 1. The summed E-state index contributed by atoms with van der Waals surface area (Å²) in [6.45, 7) is 3.86. The summed E-state index contributed by atoms with van der Waals surface area (Å²) >= 11 is 0. The Morgan fingerprint density at radius 2 is 1.88 bits per heavy atom. The van der Waals surface area contributed by atoms with Crippen LogP contribution in [-0.4, -0.2) is 18.9 Å². The lowest BCUT2D eigenvalue weighted by atomic mass is 9.75. The molecule has 1 N–H and O–H groups in total. The molecule has 1 aliphatic rings. The van der Waals surface area contributed by atoms with Crippen LogP contribution >= 0.6 is 0 Å².